The van der Waals surface area contributed by atoms with Gasteiger partial charge in [-0.25, -0.2) is 18.9 Å². The summed E-state index contributed by atoms with van der Waals surface area (Å²) >= 11 is 0. The molecule has 2 rings (SSSR count). The molecule has 7 heteroatoms. The molecule has 0 aliphatic rings. The Labute approximate surface area is 96.1 Å². The van der Waals surface area contributed by atoms with Crippen LogP contribution in [-0.4, -0.2) is 32.8 Å². The van der Waals surface area contributed by atoms with Crippen LogP contribution in [0.3, 0.4) is 0 Å². The highest BCUT2D eigenvalue weighted by Gasteiger charge is 2.11. The first-order valence-electron chi connectivity index (χ1n) is 4.76. The number of pyridine rings is 1. The van der Waals surface area contributed by atoms with Crippen molar-refractivity contribution in [1.29, 1.82) is 0 Å². The minimum absolute atomic E-state index is 0.0307. The minimum Gasteiger partial charge on any atom is -0.463 e. The lowest BCUT2D eigenvalue weighted by Gasteiger charge is -1.99. The number of methoxy groups -OCH3 is 1. The fourth-order valence-corrected chi connectivity index (χ4v) is 1.29. The van der Waals surface area contributed by atoms with Crippen LogP contribution in [0.2, 0.25) is 0 Å². The Morgan fingerprint density at radius 1 is 1.53 bits per heavy atom. The molecule has 0 fully saturated rings. The summed E-state index contributed by atoms with van der Waals surface area (Å²) in [7, 11) is 1.25. The number of halogens is 1. The van der Waals surface area contributed by atoms with Gasteiger partial charge in [-0.3, -0.25) is 4.98 Å². The average Bonchev–Trinajstić information content (AvgIpc) is 2.76. The second-order valence-corrected chi connectivity index (χ2v) is 3.27. The van der Waals surface area contributed by atoms with E-state index in [0.717, 1.165) is 6.20 Å². The van der Waals surface area contributed by atoms with Crippen LogP contribution < -0.4 is 0 Å². The second-order valence-electron chi connectivity index (χ2n) is 3.27. The fraction of sp³-hybridized carbons (Fsp3) is 0.200. The molecule has 2 heterocycles. The molecule has 0 saturated heterocycles. The van der Waals surface area contributed by atoms with Crippen LogP contribution >= 0.6 is 0 Å². The first-order valence-corrected chi connectivity index (χ1v) is 4.76. The van der Waals surface area contributed by atoms with E-state index in [1.165, 1.54) is 30.4 Å². The predicted molar refractivity (Wildman–Crippen MR) is 54.7 cm³/mol. The third-order valence-electron chi connectivity index (χ3n) is 2.01. The highest BCUT2D eigenvalue weighted by Crippen LogP contribution is 2.03. The number of carbonyl (C=O) groups is 1. The normalized spacial score (nSPS) is 10.2. The maximum absolute atomic E-state index is 12.9. The van der Waals surface area contributed by atoms with E-state index in [0.29, 0.717) is 5.56 Å². The van der Waals surface area contributed by atoms with Gasteiger partial charge in [0.1, 0.15) is 12.1 Å². The van der Waals surface area contributed by atoms with E-state index in [1.807, 2.05) is 0 Å². The van der Waals surface area contributed by atoms with Crippen LogP contribution in [0.25, 0.3) is 0 Å². The first-order chi connectivity index (χ1) is 8.19. The molecular weight excluding hydrogens is 227 g/mol. The van der Waals surface area contributed by atoms with Crippen molar-refractivity contribution >= 4 is 5.97 Å². The van der Waals surface area contributed by atoms with Crippen LogP contribution in [-0.2, 0) is 11.3 Å². The SMILES string of the molecule is COC(=O)c1ncn(Cc2cncc(F)c2)n1. The molecule has 0 bridgehead atoms. The maximum atomic E-state index is 12.9. The van der Waals surface area contributed by atoms with Crippen molar-refractivity contribution in [2.45, 2.75) is 6.54 Å². The first kappa shape index (κ1) is 11.2. The van der Waals surface area contributed by atoms with Crippen molar-refractivity contribution in [3.63, 3.8) is 0 Å². The summed E-state index contributed by atoms with van der Waals surface area (Å²) in [6, 6.07) is 1.34. The lowest BCUT2D eigenvalue weighted by atomic mass is 10.3. The van der Waals surface area contributed by atoms with Crippen molar-refractivity contribution in [1.82, 2.24) is 19.7 Å². The Kier molecular flexibility index (Phi) is 3.08. The number of aromatic nitrogens is 4. The van der Waals surface area contributed by atoms with Gasteiger partial charge in [0.05, 0.1) is 19.9 Å². The van der Waals surface area contributed by atoms with Gasteiger partial charge in [0.15, 0.2) is 0 Å². The Balaban J connectivity index is 2.14. The van der Waals surface area contributed by atoms with Crippen molar-refractivity contribution in [3.05, 3.63) is 42.0 Å². The molecule has 0 amide bonds. The fourth-order valence-electron chi connectivity index (χ4n) is 1.29. The van der Waals surface area contributed by atoms with E-state index >= 15 is 0 Å². The van der Waals surface area contributed by atoms with E-state index in [9.17, 15) is 9.18 Å². The molecule has 2 aromatic heterocycles. The van der Waals surface area contributed by atoms with E-state index in [1.54, 1.807) is 0 Å². The summed E-state index contributed by atoms with van der Waals surface area (Å²) in [5.41, 5.74) is 0.631. The van der Waals surface area contributed by atoms with Gasteiger partial charge in [-0.05, 0) is 11.6 Å². The summed E-state index contributed by atoms with van der Waals surface area (Å²) < 4.78 is 18.8. The largest absolute Gasteiger partial charge is 0.463 e. The Bertz CT molecular complexity index is 541. The molecule has 2 aromatic rings. The molecule has 0 unspecified atom stereocenters. The van der Waals surface area contributed by atoms with E-state index < -0.39 is 11.8 Å². The topological polar surface area (TPSA) is 69.9 Å². The van der Waals surface area contributed by atoms with Gasteiger partial charge in [0.25, 0.3) is 5.82 Å². The van der Waals surface area contributed by atoms with Crippen molar-refractivity contribution in [2.75, 3.05) is 7.11 Å². The molecular formula is C10H9FN4O2. The monoisotopic (exact) mass is 236 g/mol. The number of rotatable bonds is 3. The number of ether oxygens (including phenoxy) is 1. The highest BCUT2D eigenvalue weighted by atomic mass is 19.1. The zero-order valence-electron chi connectivity index (χ0n) is 9.00. The summed E-state index contributed by atoms with van der Waals surface area (Å²) in [4.78, 5) is 18.6. The van der Waals surface area contributed by atoms with Crippen LogP contribution in [0.4, 0.5) is 4.39 Å². The third kappa shape index (κ3) is 2.63. The van der Waals surface area contributed by atoms with Gasteiger partial charge < -0.3 is 4.74 Å². The lowest BCUT2D eigenvalue weighted by Crippen LogP contribution is -2.06. The zero-order valence-corrected chi connectivity index (χ0v) is 9.00. The predicted octanol–water partition coefficient (Wildman–Crippen LogP) is 0.647. The second kappa shape index (κ2) is 4.69. The summed E-state index contributed by atoms with van der Waals surface area (Å²) in [6.07, 6.45) is 4.00. The third-order valence-corrected chi connectivity index (χ3v) is 2.01. The zero-order chi connectivity index (χ0) is 12.3. The van der Waals surface area contributed by atoms with Crippen LogP contribution in [0.5, 0.6) is 0 Å². The molecule has 0 N–H and O–H groups in total. The molecule has 0 spiro atoms. The minimum atomic E-state index is -0.610. The summed E-state index contributed by atoms with van der Waals surface area (Å²) in [5.74, 6) is -1.06. The smallest absolute Gasteiger partial charge is 0.377 e. The van der Waals surface area contributed by atoms with Crippen LogP contribution in [0.15, 0.2) is 24.8 Å². The van der Waals surface area contributed by atoms with Crippen molar-refractivity contribution in [3.8, 4) is 0 Å². The number of esters is 1. The standard InChI is InChI=1S/C10H9FN4O2/c1-17-10(16)9-13-6-15(14-9)5-7-2-8(11)4-12-3-7/h2-4,6H,5H2,1H3. The molecule has 6 nitrogen and oxygen atoms in total. The van der Waals surface area contributed by atoms with Crippen LogP contribution in [0, 0.1) is 5.82 Å². The molecule has 0 radical (unpaired) electrons. The van der Waals surface area contributed by atoms with Gasteiger partial charge >= 0.3 is 5.97 Å². The van der Waals surface area contributed by atoms with Crippen molar-refractivity contribution < 1.29 is 13.9 Å². The molecule has 0 aliphatic heterocycles. The Morgan fingerprint density at radius 3 is 3.06 bits per heavy atom. The number of hydrogen-bond donors (Lipinski definition) is 0. The Hall–Kier alpha value is -2.31. The van der Waals surface area contributed by atoms with Gasteiger partial charge in [-0.1, -0.05) is 0 Å². The molecule has 0 aromatic carbocycles. The molecule has 0 saturated carbocycles. The Morgan fingerprint density at radius 2 is 2.35 bits per heavy atom. The molecule has 0 aliphatic carbocycles. The van der Waals surface area contributed by atoms with E-state index in [4.69, 9.17) is 0 Å². The van der Waals surface area contributed by atoms with Gasteiger partial charge in [-0.15, -0.1) is 5.10 Å². The molecule has 17 heavy (non-hydrogen) atoms. The van der Waals surface area contributed by atoms with Crippen molar-refractivity contribution in [2.24, 2.45) is 0 Å². The van der Waals surface area contributed by atoms with Gasteiger partial charge in [0, 0.05) is 6.20 Å². The quantitative estimate of drug-likeness (QED) is 0.732. The summed E-state index contributed by atoms with van der Waals surface area (Å²) in [5, 5.41) is 3.89. The average molecular weight is 236 g/mol. The highest BCUT2D eigenvalue weighted by molar-refractivity contribution is 5.84. The maximum Gasteiger partial charge on any atom is 0.377 e. The van der Waals surface area contributed by atoms with E-state index in [2.05, 4.69) is 19.8 Å². The van der Waals surface area contributed by atoms with Gasteiger partial charge in [0.2, 0.25) is 0 Å². The molecule has 0 atom stereocenters. The van der Waals surface area contributed by atoms with Gasteiger partial charge in [-0.2, -0.15) is 0 Å². The van der Waals surface area contributed by atoms with E-state index in [-0.39, 0.29) is 12.4 Å². The number of nitrogens with zero attached hydrogens (tertiary/aromatic N) is 4. The summed E-state index contributed by atoms with van der Waals surface area (Å²) in [6.45, 7) is 0.286. The molecule has 88 valence electrons. The van der Waals surface area contributed by atoms with Crippen LogP contribution in [0.1, 0.15) is 16.2 Å². The number of hydrogen-bond acceptors (Lipinski definition) is 5. The number of carbonyl (C=O) groups excluding carboxylic acids is 1. The lowest BCUT2D eigenvalue weighted by molar-refractivity contribution is 0.0586.